The van der Waals surface area contributed by atoms with E-state index >= 15 is 0 Å². The van der Waals surface area contributed by atoms with Gasteiger partial charge in [-0.25, -0.2) is 0 Å². The fourth-order valence-electron chi connectivity index (χ4n) is 2.16. The lowest BCUT2D eigenvalue weighted by Crippen LogP contribution is -2.29. The van der Waals surface area contributed by atoms with E-state index in [9.17, 15) is 9.59 Å². The molecule has 1 atom stereocenters. The third kappa shape index (κ3) is 4.89. The molecule has 0 radical (unpaired) electrons. The van der Waals surface area contributed by atoms with Crippen molar-refractivity contribution in [3.8, 4) is 0 Å². The minimum atomic E-state index is -0.335. The quantitative estimate of drug-likeness (QED) is 0.762. The topological polar surface area (TPSA) is 80.3 Å². The van der Waals surface area contributed by atoms with Crippen LogP contribution in [-0.4, -0.2) is 37.1 Å². The van der Waals surface area contributed by atoms with Crippen molar-refractivity contribution < 1.29 is 14.3 Å². The number of rotatable bonds is 7. The average molecular weight is 327 g/mol. The first-order valence-corrected chi connectivity index (χ1v) is 7.71. The first-order valence-electron chi connectivity index (χ1n) is 7.71. The Labute approximate surface area is 141 Å². The van der Waals surface area contributed by atoms with Crippen LogP contribution < -0.4 is 10.6 Å². The minimum absolute atomic E-state index is 0.133. The number of ether oxygens (including phenoxy) is 1. The van der Waals surface area contributed by atoms with Crippen LogP contribution in [0.2, 0.25) is 0 Å². The summed E-state index contributed by atoms with van der Waals surface area (Å²) in [6.45, 7) is 2.71. The summed E-state index contributed by atoms with van der Waals surface area (Å²) in [6.07, 6.45) is 1.45. The average Bonchev–Trinajstić information content (AvgIpc) is 2.62. The zero-order valence-electron chi connectivity index (χ0n) is 13.8. The summed E-state index contributed by atoms with van der Waals surface area (Å²) < 4.78 is 4.88. The molecule has 0 aliphatic heterocycles. The standard InChI is InChI=1S/C18H21N3O3/c1-13(14-6-4-3-5-7-14)21-17(22)15-8-9-19-16(12-15)18(23)20-10-11-24-2/h3-9,12-13H,10-11H2,1-2H3,(H,20,23)(H,21,22). The van der Waals surface area contributed by atoms with Crippen LogP contribution in [0.15, 0.2) is 48.7 Å². The van der Waals surface area contributed by atoms with Gasteiger partial charge in [-0.15, -0.1) is 0 Å². The molecule has 0 aliphatic rings. The Morgan fingerprint density at radius 3 is 2.62 bits per heavy atom. The second-order valence-corrected chi connectivity index (χ2v) is 5.28. The molecule has 2 aromatic rings. The highest BCUT2D eigenvalue weighted by Crippen LogP contribution is 2.12. The van der Waals surface area contributed by atoms with Crippen LogP contribution in [0.4, 0.5) is 0 Å². The van der Waals surface area contributed by atoms with Gasteiger partial charge in [0, 0.05) is 25.4 Å². The fourth-order valence-corrected chi connectivity index (χ4v) is 2.16. The highest BCUT2D eigenvalue weighted by Gasteiger charge is 2.14. The molecule has 0 aliphatic carbocycles. The molecule has 6 nitrogen and oxygen atoms in total. The van der Waals surface area contributed by atoms with E-state index < -0.39 is 0 Å². The molecule has 0 fully saturated rings. The number of nitrogens with zero attached hydrogens (tertiary/aromatic N) is 1. The Balaban J connectivity index is 2.02. The van der Waals surface area contributed by atoms with Gasteiger partial charge in [0.15, 0.2) is 0 Å². The molecule has 0 spiro atoms. The smallest absolute Gasteiger partial charge is 0.269 e. The predicted octanol–water partition coefficient (Wildman–Crippen LogP) is 1.95. The maximum Gasteiger partial charge on any atom is 0.269 e. The van der Waals surface area contributed by atoms with Gasteiger partial charge in [-0.2, -0.15) is 0 Å². The second kappa shape index (κ2) is 8.79. The van der Waals surface area contributed by atoms with Gasteiger partial charge in [0.05, 0.1) is 12.6 Å². The Morgan fingerprint density at radius 2 is 1.92 bits per heavy atom. The molecule has 1 unspecified atom stereocenters. The summed E-state index contributed by atoms with van der Waals surface area (Å²) in [5.74, 6) is -0.586. The molecule has 1 heterocycles. The van der Waals surface area contributed by atoms with Crippen LogP contribution >= 0.6 is 0 Å². The molecule has 2 amide bonds. The van der Waals surface area contributed by atoms with E-state index in [1.165, 1.54) is 12.3 Å². The highest BCUT2D eigenvalue weighted by molar-refractivity contribution is 5.98. The van der Waals surface area contributed by atoms with Crippen molar-refractivity contribution in [1.29, 1.82) is 0 Å². The van der Waals surface area contributed by atoms with Gasteiger partial charge >= 0.3 is 0 Å². The van der Waals surface area contributed by atoms with E-state index in [4.69, 9.17) is 4.74 Å². The van der Waals surface area contributed by atoms with E-state index in [-0.39, 0.29) is 23.6 Å². The van der Waals surface area contributed by atoms with Gasteiger partial charge in [0.25, 0.3) is 11.8 Å². The maximum atomic E-state index is 12.4. The van der Waals surface area contributed by atoms with Crippen molar-refractivity contribution in [2.24, 2.45) is 0 Å². The van der Waals surface area contributed by atoms with E-state index in [0.717, 1.165) is 5.56 Å². The zero-order valence-corrected chi connectivity index (χ0v) is 13.8. The number of hydrogen-bond donors (Lipinski definition) is 2. The summed E-state index contributed by atoms with van der Waals surface area (Å²) >= 11 is 0. The summed E-state index contributed by atoms with van der Waals surface area (Å²) in [4.78, 5) is 28.4. The molecule has 6 heteroatoms. The van der Waals surface area contributed by atoms with Crippen LogP contribution in [0.25, 0.3) is 0 Å². The number of carbonyl (C=O) groups excluding carboxylic acids is 2. The van der Waals surface area contributed by atoms with Crippen LogP contribution in [0.1, 0.15) is 39.4 Å². The van der Waals surface area contributed by atoms with Crippen LogP contribution in [0.3, 0.4) is 0 Å². The SMILES string of the molecule is COCCNC(=O)c1cc(C(=O)NC(C)c2ccccc2)ccn1. The lowest BCUT2D eigenvalue weighted by molar-refractivity contribution is 0.0932. The molecule has 2 N–H and O–H groups in total. The fraction of sp³-hybridized carbons (Fsp3) is 0.278. The van der Waals surface area contributed by atoms with Gasteiger partial charge in [0.1, 0.15) is 5.69 Å². The number of nitrogens with one attached hydrogen (secondary N) is 2. The maximum absolute atomic E-state index is 12.4. The predicted molar refractivity (Wildman–Crippen MR) is 90.8 cm³/mol. The molecule has 0 bridgehead atoms. The van der Waals surface area contributed by atoms with Crippen molar-refractivity contribution >= 4 is 11.8 Å². The summed E-state index contributed by atoms with van der Waals surface area (Å²) in [6, 6.07) is 12.6. The van der Waals surface area contributed by atoms with Gasteiger partial charge < -0.3 is 15.4 Å². The molecular weight excluding hydrogens is 306 g/mol. The second-order valence-electron chi connectivity index (χ2n) is 5.28. The van der Waals surface area contributed by atoms with E-state index in [0.29, 0.717) is 18.7 Å². The number of methoxy groups -OCH3 is 1. The molecule has 1 aromatic heterocycles. The number of hydrogen-bond acceptors (Lipinski definition) is 4. The molecule has 2 rings (SSSR count). The molecule has 1 aromatic carbocycles. The Bertz CT molecular complexity index is 689. The van der Waals surface area contributed by atoms with E-state index in [1.54, 1.807) is 13.2 Å². The third-order valence-corrected chi connectivity index (χ3v) is 3.49. The highest BCUT2D eigenvalue weighted by atomic mass is 16.5. The van der Waals surface area contributed by atoms with Crippen LogP contribution in [0.5, 0.6) is 0 Å². The van der Waals surface area contributed by atoms with Crippen LogP contribution in [-0.2, 0) is 4.74 Å². The summed E-state index contributed by atoms with van der Waals surface area (Å²) in [7, 11) is 1.56. The molecule has 24 heavy (non-hydrogen) atoms. The molecular formula is C18H21N3O3. The number of amides is 2. The normalized spacial score (nSPS) is 11.6. The van der Waals surface area contributed by atoms with Crippen molar-refractivity contribution in [2.75, 3.05) is 20.3 Å². The minimum Gasteiger partial charge on any atom is -0.383 e. The van der Waals surface area contributed by atoms with Crippen molar-refractivity contribution in [1.82, 2.24) is 15.6 Å². The lowest BCUT2D eigenvalue weighted by Gasteiger charge is -2.14. The summed E-state index contributed by atoms with van der Waals surface area (Å²) in [5, 5.41) is 5.59. The first kappa shape index (κ1) is 17.6. The van der Waals surface area contributed by atoms with Gasteiger partial charge in [0.2, 0.25) is 0 Å². The van der Waals surface area contributed by atoms with Crippen LogP contribution in [0, 0.1) is 0 Å². The van der Waals surface area contributed by atoms with Crippen molar-refractivity contribution in [2.45, 2.75) is 13.0 Å². The monoisotopic (exact) mass is 327 g/mol. The lowest BCUT2D eigenvalue weighted by atomic mass is 10.1. The number of aromatic nitrogens is 1. The Hall–Kier alpha value is -2.73. The van der Waals surface area contributed by atoms with Crippen molar-refractivity contribution in [3.63, 3.8) is 0 Å². The Kier molecular flexibility index (Phi) is 6.45. The summed E-state index contributed by atoms with van der Waals surface area (Å²) in [5.41, 5.74) is 1.60. The largest absolute Gasteiger partial charge is 0.383 e. The van der Waals surface area contributed by atoms with Gasteiger partial charge in [-0.1, -0.05) is 30.3 Å². The Morgan fingerprint density at radius 1 is 1.17 bits per heavy atom. The molecule has 126 valence electrons. The number of pyridine rings is 1. The first-order chi connectivity index (χ1) is 11.6. The molecule has 0 saturated carbocycles. The van der Waals surface area contributed by atoms with E-state index in [2.05, 4.69) is 15.6 Å². The zero-order chi connectivity index (χ0) is 17.4. The van der Waals surface area contributed by atoms with E-state index in [1.807, 2.05) is 37.3 Å². The number of benzene rings is 1. The van der Waals surface area contributed by atoms with Gasteiger partial charge in [-0.05, 0) is 24.6 Å². The third-order valence-electron chi connectivity index (χ3n) is 3.49. The van der Waals surface area contributed by atoms with Gasteiger partial charge in [-0.3, -0.25) is 14.6 Å². The molecule has 0 saturated heterocycles. The number of carbonyl (C=O) groups is 2. The van der Waals surface area contributed by atoms with Crippen molar-refractivity contribution in [3.05, 3.63) is 65.5 Å².